The third-order valence-corrected chi connectivity index (χ3v) is 5.74. The van der Waals surface area contributed by atoms with Crippen LogP contribution < -0.4 is 16.0 Å². The Balaban J connectivity index is 2.46. The van der Waals surface area contributed by atoms with Gasteiger partial charge in [-0.3, -0.25) is 14.4 Å². The molecule has 0 radical (unpaired) electrons. The van der Waals surface area contributed by atoms with E-state index in [9.17, 15) is 19.5 Å². The minimum absolute atomic E-state index is 0.0485. The molecular weight excluding hydrogens is 480 g/mol. The summed E-state index contributed by atoms with van der Waals surface area (Å²) in [4.78, 5) is 40.1. The molecule has 3 unspecified atom stereocenters. The normalized spacial score (nSPS) is 18.9. The van der Waals surface area contributed by atoms with Crippen molar-refractivity contribution >= 4 is 17.7 Å². The van der Waals surface area contributed by atoms with Gasteiger partial charge in [0.2, 0.25) is 17.7 Å². The van der Waals surface area contributed by atoms with Crippen LogP contribution >= 0.6 is 0 Å². The van der Waals surface area contributed by atoms with Crippen molar-refractivity contribution in [1.29, 1.82) is 0 Å². The van der Waals surface area contributed by atoms with Crippen molar-refractivity contribution in [2.75, 3.05) is 59.3 Å². The lowest BCUT2D eigenvalue weighted by Gasteiger charge is -2.35. The summed E-state index contributed by atoms with van der Waals surface area (Å²) in [5.41, 5.74) is -0.618. The van der Waals surface area contributed by atoms with Crippen molar-refractivity contribution in [2.45, 2.75) is 79.1 Å². The van der Waals surface area contributed by atoms with Gasteiger partial charge in [-0.1, -0.05) is 48.5 Å². The molecule has 0 saturated carbocycles. The Kier molecular flexibility index (Phi) is 15.2. The van der Waals surface area contributed by atoms with E-state index in [0.717, 1.165) is 6.54 Å². The summed E-state index contributed by atoms with van der Waals surface area (Å²) in [6, 6.07) is -1.23. The van der Waals surface area contributed by atoms with Crippen molar-refractivity contribution in [3.63, 3.8) is 0 Å². The minimum atomic E-state index is -0.882. The van der Waals surface area contributed by atoms with Gasteiger partial charge >= 0.3 is 0 Å². The number of β-amino-alcohol motifs (C(OH)–C–C–N with tert-alkyl or cyclic N) is 1. The van der Waals surface area contributed by atoms with Crippen LogP contribution in [0.1, 0.15) is 54.9 Å². The number of aliphatic hydroxyl groups is 1. The van der Waals surface area contributed by atoms with Crippen LogP contribution in [0.5, 0.6) is 0 Å². The number of hydrogen-bond acceptors (Lipinski definition) is 8. The number of rotatable bonds is 17. The summed E-state index contributed by atoms with van der Waals surface area (Å²) >= 11 is 0. The zero-order chi connectivity index (χ0) is 28.0. The van der Waals surface area contributed by atoms with Crippen LogP contribution in [-0.4, -0.2) is 111 Å². The predicted molar refractivity (Wildman–Crippen MR) is 141 cm³/mol. The third-order valence-electron chi connectivity index (χ3n) is 5.74. The van der Waals surface area contributed by atoms with Crippen molar-refractivity contribution in [3.8, 4) is 0 Å². The Labute approximate surface area is 222 Å². The summed E-state index contributed by atoms with van der Waals surface area (Å²) in [6.45, 7) is 16.8. The fourth-order valence-corrected chi connectivity index (χ4v) is 3.77. The molecule has 1 aliphatic heterocycles. The van der Waals surface area contributed by atoms with Crippen molar-refractivity contribution < 1.29 is 33.7 Å². The van der Waals surface area contributed by atoms with Crippen molar-refractivity contribution in [2.24, 2.45) is 11.3 Å². The zero-order valence-corrected chi connectivity index (χ0v) is 23.8. The molecule has 1 heterocycles. The second-order valence-electron chi connectivity index (χ2n) is 11.3. The molecule has 3 amide bonds. The average molecular weight is 531 g/mol. The van der Waals surface area contributed by atoms with Crippen LogP contribution in [-0.2, 0) is 28.6 Å². The Hall–Kier alpha value is -1.79. The van der Waals surface area contributed by atoms with Crippen LogP contribution in [0.4, 0.5) is 0 Å². The summed E-state index contributed by atoms with van der Waals surface area (Å²) in [7, 11) is 0. The maximum absolute atomic E-state index is 13.4. The Morgan fingerprint density at radius 1 is 0.973 bits per heavy atom. The fourth-order valence-electron chi connectivity index (χ4n) is 3.77. The minimum Gasteiger partial charge on any atom is -0.391 e. The first-order valence-electron chi connectivity index (χ1n) is 13.3. The second-order valence-corrected chi connectivity index (χ2v) is 11.3. The first kappa shape index (κ1) is 33.2. The number of aliphatic hydroxyl groups excluding tert-OH is 1. The molecule has 11 nitrogen and oxygen atoms in total. The number of carbonyl (C=O) groups is 3. The maximum atomic E-state index is 13.4. The van der Waals surface area contributed by atoms with E-state index in [-0.39, 0.29) is 38.0 Å². The molecule has 0 aromatic rings. The quantitative estimate of drug-likeness (QED) is 0.197. The number of carbonyl (C=O) groups excluding carboxylic acids is 3. The van der Waals surface area contributed by atoms with Crippen LogP contribution in [0.25, 0.3) is 0 Å². The molecule has 1 rings (SSSR count). The van der Waals surface area contributed by atoms with Gasteiger partial charge in [-0.15, -0.1) is 0 Å². The van der Waals surface area contributed by atoms with E-state index in [4.69, 9.17) is 14.2 Å². The van der Waals surface area contributed by atoms with Crippen LogP contribution in [0.3, 0.4) is 0 Å². The SMILES string of the molecule is CC(C)CNC(=O)C1CC(O)CN1C(=O)C(NC(=O)COCCOCCOCCNC(C)C)C(C)(C)C. The van der Waals surface area contributed by atoms with E-state index in [1.807, 2.05) is 34.6 Å². The summed E-state index contributed by atoms with van der Waals surface area (Å²) < 4.78 is 16.3. The van der Waals surface area contributed by atoms with Crippen LogP contribution in [0, 0.1) is 11.3 Å². The van der Waals surface area contributed by atoms with Crippen molar-refractivity contribution in [3.05, 3.63) is 0 Å². The average Bonchev–Trinajstić information content (AvgIpc) is 3.19. The van der Waals surface area contributed by atoms with E-state index in [1.165, 1.54) is 4.90 Å². The van der Waals surface area contributed by atoms with E-state index in [0.29, 0.717) is 39.0 Å². The lowest BCUT2D eigenvalue weighted by atomic mass is 9.85. The topological polar surface area (TPSA) is 138 Å². The number of likely N-dealkylation sites (tertiary alicyclic amines) is 1. The molecule has 1 fully saturated rings. The fraction of sp³-hybridized carbons (Fsp3) is 0.885. The smallest absolute Gasteiger partial charge is 0.246 e. The molecule has 1 saturated heterocycles. The molecule has 216 valence electrons. The molecule has 0 aliphatic carbocycles. The number of hydrogen-bond donors (Lipinski definition) is 4. The first-order chi connectivity index (χ1) is 17.3. The van der Waals surface area contributed by atoms with Gasteiger partial charge in [0.05, 0.1) is 39.1 Å². The van der Waals surface area contributed by atoms with Gasteiger partial charge in [-0.25, -0.2) is 0 Å². The molecule has 1 aliphatic rings. The summed E-state index contributed by atoms with van der Waals surface area (Å²) in [5.74, 6) is -0.862. The molecule has 0 aromatic heterocycles. The largest absolute Gasteiger partial charge is 0.391 e. The van der Waals surface area contributed by atoms with E-state index in [1.54, 1.807) is 0 Å². The zero-order valence-electron chi connectivity index (χ0n) is 23.8. The van der Waals surface area contributed by atoms with Gasteiger partial charge in [0, 0.05) is 32.1 Å². The molecule has 0 spiro atoms. The van der Waals surface area contributed by atoms with Gasteiger partial charge < -0.3 is 40.2 Å². The molecule has 37 heavy (non-hydrogen) atoms. The van der Waals surface area contributed by atoms with Gasteiger partial charge in [0.25, 0.3) is 0 Å². The number of nitrogens with zero attached hydrogens (tertiary/aromatic N) is 1. The van der Waals surface area contributed by atoms with Gasteiger partial charge in [-0.2, -0.15) is 0 Å². The Morgan fingerprint density at radius 2 is 1.57 bits per heavy atom. The lowest BCUT2D eigenvalue weighted by molar-refractivity contribution is -0.144. The highest BCUT2D eigenvalue weighted by atomic mass is 16.5. The van der Waals surface area contributed by atoms with Crippen LogP contribution in [0.2, 0.25) is 0 Å². The third kappa shape index (κ3) is 13.5. The molecular formula is C26H50N4O7. The highest BCUT2D eigenvalue weighted by Crippen LogP contribution is 2.26. The van der Waals surface area contributed by atoms with Crippen molar-refractivity contribution in [1.82, 2.24) is 20.9 Å². The maximum Gasteiger partial charge on any atom is 0.246 e. The Bertz CT molecular complexity index is 697. The van der Waals surface area contributed by atoms with E-state index in [2.05, 4.69) is 29.8 Å². The van der Waals surface area contributed by atoms with E-state index < -0.39 is 35.4 Å². The highest BCUT2D eigenvalue weighted by molar-refractivity contribution is 5.93. The number of amides is 3. The Morgan fingerprint density at radius 3 is 2.14 bits per heavy atom. The summed E-state index contributed by atoms with van der Waals surface area (Å²) in [6.07, 6.45) is -0.621. The van der Waals surface area contributed by atoms with E-state index >= 15 is 0 Å². The molecule has 0 aromatic carbocycles. The molecule has 4 N–H and O–H groups in total. The van der Waals surface area contributed by atoms with Crippen LogP contribution in [0.15, 0.2) is 0 Å². The molecule has 0 bridgehead atoms. The first-order valence-corrected chi connectivity index (χ1v) is 13.3. The standard InChI is InChI=1S/C26H50N4O7/c1-18(2)15-28-24(33)21-14-20(31)16-30(21)25(34)23(26(5,6)7)29-22(32)17-37-13-12-36-11-10-35-9-8-27-19(3)4/h18-21,23,27,31H,8-17H2,1-7H3,(H,28,33)(H,29,32). The van der Waals surface area contributed by atoms with Gasteiger partial charge in [0.1, 0.15) is 18.7 Å². The molecule has 3 atom stereocenters. The predicted octanol–water partition coefficient (Wildman–Crippen LogP) is 0.299. The molecule has 11 heteroatoms. The second kappa shape index (κ2) is 16.9. The summed E-state index contributed by atoms with van der Waals surface area (Å²) in [5, 5.41) is 19.0. The highest BCUT2D eigenvalue weighted by Gasteiger charge is 2.44. The van der Waals surface area contributed by atoms with Gasteiger partial charge in [-0.05, 0) is 11.3 Å². The number of ether oxygens (including phenoxy) is 3. The monoisotopic (exact) mass is 530 g/mol. The number of nitrogens with one attached hydrogen (secondary N) is 3. The lowest BCUT2D eigenvalue weighted by Crippen LogP contribution is -2.58. The van der Waals surface area contributed by atoms with Gasteiger partial charge in [0.15, 0.2) is 0 Å².